The minimum atomic E-state index is -0.0238. The van der Waals surface area contributed by atoms with Crippen molar-refractivity contribution in [1.82, 2.24) is 10.3 Å². The van der Waals surface area contributed by atoms with Crippen LogP contribution in [0.5, 0.6) is 5.75 Å². The molecule has 2 N–H and O–H groups in total. The lowest BCUT2D eigenvalue weighted by Gasteiger charge is -2.06. The minimum absolute atomic E-state index is 0.0238. The summed E-state index contributed by atoms with van der Waals surface area (Å²) in [6, 6.07) is 13.7. The molecule has 6 heteroatoms. The summed E-state index contributed by atoms with van der Waals surface area (Å²) in [4.78, 5) is 15.8. The van der Waals surface area contributed by atoms with Gasteiger partial charge in [0.1, 0.15) is 5.75 Å². The number of nitrogens with one attached hydrogen (secondary N) is 2. The molecule has 0 unspecified atom stereocenters. The van der Waals surface area contributed by atoms with Gasteiger partial charge in [0.2, 0.25) is 5.91 Å². The van der Waals surface area contributed by atoms with Crippen molar-refractivity contribution in [3.8, 4) is 5.75 Å². The molecule has 2 aromatic carbocycles. The van der Waals surface area contributed by atoms with Gasteiger partial charge in [0.15, 0.2) is 0 Å². The molecule has 3 rings (SSSR count). The van der Waals surface area contributed by atoms with Gasteiger partial charge in [0, 0.05) is 34.3 Å². The van der Waals surface area contributed by atoms with Crippen molar-refractivity contribution >= 4 is 40.2 Å². The Bertz CT molecular complexity index is 890. The topological polar surface area (TPSA) is 54.1 Å². The number of H-pyrrole nitrogens is 1. The lowest BCUT2D eigenvalue weighted by atomic mass is 10.1. The van der Waals surface area contributed by atoms with E-state index in [1.54, 1.807) is 18.9 Å². The highest BCUT2D eigenvalue weighted by Gasteiger charge is 2.14. The van der Waals surface area contributed by atoms with E-state index in [2.05, 4.69) is 10.3 Å². The number of carbonyl (C=O) groups excluding carboxylic acids is 1. The number of rotatable bonds is 6. The molecule has 0 saturated carbocycles. The van der Waals surface area contributed by atoms with Gasteiger partial charge >= 0.3 is 0 Å². The molecule has 0 aliphatic heterocycles. The number of aromatic amines is 1. The van der Waals surface area contributed by atoms with E-state index in [1.165, 1.54) is 12.5 Å². The van der Waals surface area contributed by atoms with Gasteiger partial charge < -0.3 is 15.0 Å². The second-order valence-corrected chi connectivity index (χ2v) is 7.15. The zero-order chi connectivity index (χ0) is 17.8. The molecule has 0 atom stereocenters. The van der Waals surface area contributed by atoms with Gasteiger partial charge in [-0.2, -0.15) is 0 Å². The summed E-state index contributed by atoms with van der Waals surface area (Å²) in [7, 11) is 1.66. The fraction of sp³-hybridized carbons (Fsp3) is 0.211. The maximum Gasteiger partial charge on any atom is 0.216 e. The van der Waals surface area contributed by atoms with Crippen molar-refractivity contribution in [2.75, 3.05) is 13.7 Å². The quantitative estimate of drug-likeness (QED) is 0.659. The number of aromatic nitrogens is 1. The van der Waals surface area contributed by atoms with Gasteiger partial charge in [-0.25, -0.2) is 0 Å². The van der Waals surface area contributed by atoms with Gasteiger partial charge in [0.05, 0.1) is 12.1 Å². The first kappa shape index (κ1) is 17.7. The fourth-order valence-corrected chi connectivity index (χ4v) is 3.78. The van der Waals surface area contributed by atoms with Crippen molar-refractivity contribution < 1.29 is 9.53 Å². The summed E-state index contributed by atoms with van der Waals surface area (Å²) >= 11 is 7.62. The van der Waals surface area contributed by atoms with Gasteiger partial charge in [0.25, 0.3) is 0 Å². The third-order valence-corrected chi connectivity index (χ3v) is 5.17. The molecule has 0 radical (unpaired) electrons. The number of amides is 1. The van der Waals surface area contributed by atoms with Gasteiger partial charge in [-0.1, -0.05) is 23.4 Å². The van der Waals surface area contributed by atoms with Crippen molar-refractivity contribution in [2.45, 2.75) is 23.3 Å². The molecule has 1 aromatic heterocycles. The number of hydrogen-bond donors (Lipinski definition) is 2. The molecule has 0 aliphatic rings. The maximum absolute atomic E-state index is 11.2. The van der Waals surface area contributed by atoms with Crippen LogP contribution in [0.25, 0.3) is 10.9 Å². The first-order chi connectivity index (χ1) is 12.1. The third kappa shape index (κ3) is 4.30. The molecule has 0 aliphatic carbocycles. The second-order valence-electron chi connectivity index (χ2n) is 5.63. The highest BCUT2D eigenvalue weighted by atomic mass is 35.5. The van der Waals surface area contributed by atoms with Crippen LogP contribution in [0.1, 0.15) is 12.5 Å². The van der Waals surface area contributed by atoms with Crippen LogP contribution in [0.15, 0.2) is 52.4 Å². The highest BCUT2D eigenvalue weighted by Crippen LogP contribution is 2.36. The second kappa shape index (κ2) is 7.85. The maximum atomic E-state index is 11.2. The zero-order valence-corrected chi connectivity index (χ0v) is 15.6. The summed E-state index contributed by atoms with van der Waals surface area (Å²) in [5, 5.41) is 5.76. The number of methoxy groups -OCH3 is 1. The van der Waals surface area contributed by atoms with Gasteiger partial charge in [-0.05, 0) is 54.4 Å². The number of benzene rings is 2. The Morgan fingerprint density at radius 1 is 1.24 bits per heavy atom. The smallest absolute Gasteiger partial charge is 0.216 e. The fourth-order valence-electron chi connectivity index (χ4n) is 2.65. The first-order valence-electron chi connectivity index (χ1n) is 7.93. The van der Waals surface area contributed by atoms with Crippen LogP contribution >= 0.6 is 23.4 Å². The van der Waals surface area contributed by atoms with Crippen LogP contribution in [0.2, 0.25) is 5.02 Å². The Hall–Kier alpha value is -2.11. The van der Waals surface area contributed by atoms with E-state index in [-0.39, 0.29) is 5.91 Å². The normalized spacial score (nSPS) is 10.8. The lowest BCUT2D eigenvalue weighted by molar-refractivity contribution is -0.118. The Morgan fingerprint density at radius 2 is 2.00 bits per heavy atom. The first-order valence-corrected chi connectivity index (χ1v) is 9.12. The number of ether oxygens (including phenoxy) is 1. The van der Waals surface area contributed by atoms with Gasteiger partial charge in [-0.3, -0.25) is 4.79 Å². The molecule has 130 valence electrons. The van der Waals surface area contributed by atoms with E-state index < -0.39 is 0 Å². The highest BCUT2D eigenvalue weighted by molar-refractivity contribution is 7.99. The predicted molar refractivity (Wildman–Crippen MR) is 103 cm³/mol. The van der Waals surface area contributed by atoms with E-state index in [0.717, 1.165) is 38.0 Å². The van der Waals surface area contributed by atoms with Crippen molar-refractivity contribution in [1.29, 1.82) is 0 Å². The van der Waals surface area contributed by atoms with Crippen LogP contribution in [-0.4, -0.2) is 24.5 Å². The van der Waals surface area contributed by atoms with E-state index in [1.807, 2.05) is 42.5 Å². The summed E-state index contributed by atoms with van der Waals surface area (Å²) in [6.07, 6.45) is 0.739. The van der Waals surface area contributed by atoms with Crippen LogP contribution in [0, 0.1) is 0 Å². The van der Waals surface area contributed by atoms with Crippen LogP contribution in [0.4, 0.5) is 0 Å². The minimum Gasteiger partial charge on any atom is -0.497 e. The summed E-state index contributed by atoms with van der Waals surface area (Å²) < 4.78 is 5.36. The largest absolute Gasteiger partial charge is 0.497 e. The van der Waals surface area contributed by atoms with Crippen LogP contribution in [0.3, 0.4) is 0 Å². The Kier molecular flexibility index (Phi) is 5.56. The average molecular weight is 375 g/mol. The molecule has 0 bridgehead atoms. The number of carbonyl (C=O) groups is 1. The lowest BCUT2D eigenvalue weighted by Crippen LogP contribution is -2.22. The number of hydrogen-bond acceptors (Lipinski definition) is 3. The Balaban J connectivity index is 1.96. The molecule has 3 aromatic rings. The molecule has 0 saturated heterocycles. The summed E-state index contributed by atoms with van der Waals surface area (Å²) in [6.45, 7) is 2.12. The van der Waals surface area contributed by atoms with E-state index in [4.69, 9.17) is 16.3 Å². The Labute approximate surface area is 155 Å². The number of fused-ring (bicyclic) bond motifs is 1. The predicted octanol–water partition coefficient (Wildman–Crippen LogP) is 4.66. The van der Waals surface area contributed by atoms with Crippen molar-refractivity contribution in [3.05, 3.63) is 53.1 Å². The molecule has 1 heterocycles. The molecular formula is C19H19ClN2O2S. The standard InChI is InChI=1S/C19H19ClN2O2S/c1-12(23)21-10-9-16-17-11-14(24-2)5-8-18(17)22-19(16)25-15-6-3-13(20)4-7-15/h3-8,11,22H,9-10H2,1-2H3,(H,21,23). The van der Waals surface area contributed by atoms with Crippen LogP contribution in [-0.2, 0) is 11.2 Å². The van der Waals surface area contributed by atoms with E-state index >= 15 is 0 Å². The van der Waals surface area contributed by atoms with Crippen molar-refractivity contribution in [2.24, 2.45) is 0 Å². The summed E-state index contributed by atoms with van der Waals surface area (Å²) in [5.41, 5.74) is 2.22. The molecule has 0 fully saturated rings. The van der Waals surface area contributed by atoms with Crippen LogP contribution < -0.4 is 10.1 Å². The van der Waals surface area contributed by atoms with E-state index in [0.29, 0.717) is 6.54 Å². The van der Waals surface area contributed by atoms with Crippen molar-refractivity contribution in [3.63, 3.8) is 0 Å². The Morgan fingerprint density at radius 3 is 2.68 bits per heavy atom. The summed E-state index contributed by atoms with van der Waals surface area (Å²) in [5.74, 6) is 0.791. The third-order valence-electron chi connectivity index (χ3n) is 3.86. The number of halogens is 1. The SMILES string of the molecule is COc1ccc2[nH]c(Sc3ccc(Cl)cc3)c(CCNC(C)=O)c2c1. The molecule has 1 amide bonds. The average Bonchev–Trinajstić information content (AvgIpc) is 2.93. The molecule has 0 spiro atoms. The van der Waals surface area contributed by atoms with Gasteiger partial charge in [-0.15, -0.1) is 0 Å². The molecule has 4 nitrogen and oxygen atoms in total. The zero-order valence-electron chi connectivity index (χ0n) is 14.1. The monoisotopic (exact) mass is 374 g/mol. The molecular weight excluding hydrogens is 356 g/mol. The molecule has 25 heavy (non-hydrogen) atoms. The van der Waals surface area contributed by atoms with E-state index in [9.17, 15) is 4.79 Å².